The molecule has 1 nitrogen and oxygen atoms in total. The zero-order valence-electron chi connectivity index (χ0n) is 20.9. The normalized spacial score (nSPS) is 15.6. The van der Waals surface area contributed by atoms with Gasteiger partial charge in [0.1, 0.15) is 11.5 Å². The lowest BCUT2D eigenvalue weighted by Crippen LogP contribution is -2.31. The maximum atomic E-state index is 6.97. The van der Waals surface area contributed by atoms with E-state index < -0.39 is 15.8 Å². The molecule has 0 aliphatic carbocycles. The van der Waals surface area contributed by atoms with Crippen LogP contribution in [0.25, 0.3) is 0 Å². The third-order valence-electron chi connectivity index (χ3n) is 7.22. The van der Waals surface area contributed by atoms with Gasteiger partial charge in [-0.15, -0.1) is 0 Å². The molecule has 0 saturated carbocycles. The molecule has 2 atom stereocenters. The highest BCUT2D eigenvalue weighted by Crippen LogP contribution is 2.51. The summed E-state index contributed by atoms with van der Waals surface area (Å²) in [5.74, 6) is 2.13. The third kappa shape index (κ3) is 3.80. The molecule has 0 spiro atoms. The zero-order valence-corrected chi connectivity index (χ0v) is 22.7. The first-order valence-electron chi connectivity index (χ1n) is 11.8. The van der Waals surface area contributed by atoms with Crippen molar-refractivity contribution in [1.29, 1.82) is 0 Å². The van der Waals surface area contributed by atoms with Gasteiger partial charge in [0.25, 0.3) is 0 Å². The molecule has 3 heteroatoms. The molecule has 34 heavy (non-hydrogen) atoms. The van der Waals surface area contributed by atoms with E-state index in [1.165, 1.54) is 43.5 Å². The third-order valence-corrected chi connectivity index (χ3v) is 11.8. The highest BCUT2D eigenvalue weighted by molar-refractivity contribution is 7.73. The number of rotatable bonds is 4. The van der Waals surface area contributed by atoms with Crippen molar-refractivity contribution in [3.05, 3.63) is 107 Å². The molecule has 1 heterocycles. The second-order valence-corrected chi connectivity index (χ2v) is 13.9. The van der Waals surface area contributed by atoms with E-state index in [9.17, 15) is 0 Å². The number of para-hydroxylation sites is 2. The van der Waals surface area contributed by atoms with Crippen LogP contribution in [0.1, 0.15) is 36.1 Å². The van der Waals surface area contributed by atoms with Crippen LogP contribution < -0.4 is 26.0 Å². The van der Waals surface area contributed by atoms with Crippen molar-refractivity contribution in [3.63, 3.8) is 0 Å². The minimum absolute atomic E-state index is 0.126. The van der Waals surface area contributed by atoms with Gasteiger partial charge in [0.2, 0.25) is 0 Å². The van der Waals surface area contributed by atoms with E-state index in [2.05, 4.69) is 126 Å². The summed E-state index contributed by atoms with van der Waals surface area (Å²) in [6, 6.07) is 31.0. The molecular formula is C31H32OP2. The summed E-state index contributed by atoms with van der Waals surface area (Å²) in [6.07, 6.45) is 0. The van der Waals surface area contributed by atoms with Gasteiger partial charge >= 0.3 is 0 Å². The molecule has 4 aromatic rings. The molecular weight excluding hydrogens is 450 g/mol. The number of hydrogen-bond donors (Lipinski definition) is 0. The van der Waals surface area contributed by atoms with Crippen molar-refractivity contribution in [2.75, 3.05) is 13.3 Å². The molecule has 172 valence electrons. The average Bonchev–Trinajstić information content (AvgIpc) is 2.83. The monoisotopic (exact) mass is 482 g/mol. The number of ether oxygens (including phenoxy) is 1. The Morgan fingerprint density at radius 1 is 0.529 bits per heavy atom. The smallest absolute Gasteiger partial charge is 0.139 e. The number of benzene rings is 4. The summed E-state index contributed by atoms with van der Waals surface area (Å²) >= 11 is 0. The van der Waals surface area contributed by atoms with Gasteiger partial charge in [-0.2, -0.15) is 0 Å². The Labute approximate surface area is 206 Å². The van der Waals surface area contributed by atoms with Crippen LogP contribution in [0.4, 0.5) is 0 Å². The second kappa shape index (κ2) is 8.96. The Morgan fingerprint density at radius 3 is 1.32 bits per heavy atom. The van der Waals surface area contributed by atoms with Gasteiger partial charge in [-0.1, -0.05) is 98.8 Å². The molecule has 0 radical (unpaired) electrons. The van der Waals surface area contributed by atoms with E-state index in [-0.39, 0.29) is 5.41 Å². The molecule has 0 amide bonds. The molecule has 0 bridgehead atoms. The van der Waals surface area contributed by atoms with Crippen LogP contribution in [0.5, 0.6) is 11.5 Å². The predicted octanol–water partition coefficient (Wildman–Crippen LogP) is 6.86. The zero-order chi connectivity index (χ0) is 24.0. The quantitative estimate of drug-likeness (QED) is 0.289. The van der Waals surface area contributed by atoms with Gasteiger partial charge in [-0.05, 0) is 64.8 Å². The fraction of sp³-hybridized carbons (Fsp3) is 0.226. The van der Waals surface area contributed by atoms with Crippen molar-refractivity contribution < 1.29 is 4.74 Å². The maximum Gasteiger partial charge on any atom is 0.139 e. The number of fused-ring (bicyclic) bond motifs is 2. The lowest BCUT2D eigenvalue weighted by atomic mass is 9.76. The number of aryl methyl sites for hydroxylation is 2. The van der Waals surface area contributed by atoms with Crippen molar-refractivity contribution in [2.24, 2.45) is 0 Å². The van der Waals surface area contributed by atoms with Gasteiger partial charge in [-0.25, -0.2) is 0 Å². The SMILES string of the molecule is Cc1ccccc1P(C)c1cccc2c1Oc1c([P@](C)c3ccccc3C)cccc1C2(C)C. The molecule has 0 aromatic heterocycles. The first-order valence-corrected chi connectivity index (χ1v) is 15.4. The lowest BCUT2D eigenvalue weighted by molar-refractivity contribution is 0.425. The fourth-order valence-corrected chi connectivity index (χ4v) is 9.07. The average molecular weight is 483 g/mol. The molecule has 5 rings (SSSR count). The first kappa shape index (κ1) is 23.3. The van der Waals surface area contributed by atoms with Crippen LogP contribution in [0, 0.1) is 13.8 Å². The van der Waals surface area contributed by atoms with Gasteiger partial charge in [-0.3, -0.25) is 0 Å². The molecule has 1 aliphatic heterocycles. The van der Waals surface area contributed by atoms with Crippen LogP contribution in [0.2, 0.25) is 0 Å². The molecule has 0 fully saturated rings. The standard InChI is InChI=1S/C31H32OP2/c1-21-13-7-9-17-25(21)33(5)27-19-11-15-23-29(27)32-30-24(31(23,3)4)16-12-20-28(30)34(6)26-18-10-8-14-22(26)2/h7-20H,1-6H3/t33-,34?/m1/s1. The van der Waals surface area contributed by atoms with Gasteiger partial charge in [0.15, 0.2) is 0 Å². The van der Waals surface area contributed by atoms with Crippen molar-refractivity contribution in [3.8, 4) is 11.5 Å². The summed E-state index contributed by atoms with van der Waals surface area (Å²) in [4.78, 5) is 0. The molecule has 4 aromatic carbocycles. The van der Waals surface area contributed by atoms with E-state index in [0.29, 0.717) is 0 Å². The minimum Gasteiger partial charge on any atom is -0.455 e. The fourth-order valence-electron chi connectivity index (χ4n) is 5.16. The summed E-state index contributed by atoms with van der Waals surface area (Å²) < 4.78 is 6.97. The molecule has 0 saturated heterocycles. The first-order chi connectivity index (χ1) is 16.3. The summed E-state index contributed by atoms with van der Waals surface area (Å²) in [5, 5.41) is 5.49. The number of hydrogen-bond acceptors (Lipinski definition) is 1. The largest absolute Gasteiger partial charge is 0.455 e. The highest BCUT2D eigenvalue weighted by Gasteiger charge is 2.38. The Morgan fingerprint density at radius 2 is 0.912 bits per heavy atom. The summed E-state index contributed by atoms with van der Waals surface area (Å²) in [7, 11) is -1.06. The van der Waals surface area contributed by atoms with E-state index in [4.69, 9.17) is 4.74 Å². The van der Waals surface area contributed by atoms with Crippen molar-refractivity contribution >= 4 is 37.1 Å². The Hall–Kier alpha value is -2.46. The van der Waals surface area contributed by atoms with Crippen LogP contribution >= 0.6 is 15.8 Å². The molecule has 0 N–H and O–H groups in total. The summed E-state index contributed by atoms with van der Waals surface area (Å²) in [6.45, 7) is 13.9. The maximum absolute atomic E-state index is 6.97. The van der Waals surface area contributed by atoms with Gasteiger partial charge < -0.3 is 4.74 Å². The van der Waals surface area contributed by atoms with E-state index in [0.717, 1.165) is 11.5 Å². The second-order valence-electron chi connectivity index (χ2n) is 9.73. The van der Waals surface area contributed by atoms with E-state index in [1.807, 2.05) is 0 Å². The Balaban J connectivity index is 1.67. The summed E-state index contributed by atoms with van der Waals surface area (Å²) in [5.41, 5.74) is 5.14. The highest BCUT2D eigenvalue weighted by atomic mass is 31.1. The molecule has 1 unspecified atom stereocenters. The minimum atomic E-state index is -0.531. The van der Waals surface area contributed by atoms with Crippen LogP contribution in [-0.4, -0.2) is 13.3 Å². The van der Waals surface area contributed by atoms with Crippen LogP contribution in [-0.2, 0) is 5.41 Å². The van der Waals surface area contributed by atoms with E-state index >= 15 is 0 Å². The van der Waals surface area contributed by atoms with Crippen molar-refractivity contribution in [2.45, 2.75) is 33.1 Å². The van der Waals surface area contributed by atoms with Crippen LogP contribution in [0.3, 0.4) is 0 Å². The van der Waals surface area contributed by atoms with Gasteiger partial charge in [0, 0.05) is 27.2 Å². The predicted molar refractivity (Wildman–Crippen MR) is 152 cm³/mol. The van der Waals surface area contributed by atoms with Crippen molar-refractivity contribution in [1.82, 2.24) is 0 Å². The lowest BCUT2D eigenvalue weighted by Gasteiger charge is -2.38. The molecule has 1 aliphatic rings. The van der Waals surface area contributed by atoms with Gasteiger partial charge in [0.05, 0.1) is 0 Å². The Bertz CT molecular complexity index is 1270. The van der Waals surface area contributed by atoms with Crippen LogP contribution in [0.15, 0.2) is 84.9 Å². The Kier molecular flexibility index (Phi) is 6.14. The topological polar surface area (TPSA) is 9.23 Å². The van der Waals surface area contributed by atoms with E-state index in [1.54, 1.807) is 0 Å².